The molecule has 0 radical (unpaired) electrons. The number of hydrogen-bond donors (Lipinski definition) is 0. The molecule has 0 spiro atoms. The molecule has 0 amide bonds. The summed E-state index contributed by atoms with van der Waals surface area (Å²) in [6.07, 6.45) is 6.31. The number of ether oxygens (including phenoxy) is 2. The Bertz CT molecular complexity index is 981. The van der Waals surface area contributed by atoms with Crippen molar-refractivity contribution in [1.82, 2.24) is 19.7 Å². The lowest BCUT2D eigenvalue weighted by atomic mass is 10.2. The summed E-state index contributed by atoms with van der Waals surface area (Å²) in [5.74, 6) is 0.811. The zero-order valence-corrected chi connectivity index (χ0v) is 14.6. The van der Waals surface area contributed by atoms with E-state index in [1.807, 2.05) is 10.9 Å². The van der Waals surface area contributed by atoms with Crippen molar-refractivity contribution in [1.29, 1.82) is 0 Å². The molecule has 0 bridgehead atoms. The number of nitro groups is 1. The molecule has 0 aromatic carbocycles. The van der Waals surface area contributed by atoms with Gasteiger partial charge < -0.3 is 19.6 Å². The van der Waals surface area contributed by atoms with E-state index in [4.69, 9.17) is 9.47 Å². The van der Waals surface area contributed by atoms with E-state index in [2.05, 4.69) is 15.1 Å². The molecular weight excluding hydrogens is 350 g/mol. The maximum atomic E-state index is 10.8. The SMILES string of the molecule is Cc1nc([N+](=O)[O-])ccc1Oc1ccnc(-c2cnn(C3CCOC3)c2)c1. The third-order valence-corrected chi connectivity index (χ3v) is 4.35. The Morgan fingerprint density at radius 1 is 1.37 bits per heavy atom. The maximum absolute atomic E-state index is 10.8. The van der Waals surface area contributed by atoms with Gasteiger partial charge in [-0.2, -0.15) is 5.10 Å². The van der Waals surface area contributed by atoms with Crippen molar-refractivity contribution < 1.29 is 14.4 Å². The summed E-state index contributed by atoms with van der Waals surface area (Å²) < 4.78 is 13.1. The molecule has 4 heterocycles. The molecule has 1 aliphatic heterocycles. The van der Waals surface area contributed by atoms with E-state index in [9.17, 15) is 10.1 Å². The smallest absolute Gasteiger partial charge is 0.363 e. The van der Waals surface area contributed by atoms with E-state index in [1.54, 1.807) is 37.5 Å². The van der Waals surface area contributed by atoms with Gasteiger partial charge in [-0.1, -0.05) is 0 Å². The van der Waals surface area contributed by atoms with Gasteiger partial charge in [0.1, 0.15) is 5.75 Å². The molecule has 4 rings (SSSR count). The quantitative estimate of drug-likeness (QED) is 0.503. The molecule has 0 saturated carbocycles. The molecule has 1 aliphatic rings. The van der Waals surface area contributed by atoms with Crippen LogP contribution < -0.4 is 4.74 Å². The largest absolute Gasteiger partial charge is 0.453 e. The Kier molecular flexibility index (Phi) is 4.51. The van der Waals surface area contributed by atoms with Crippen molar-refractivity contribution >= 4 is 5.82 Å². The monoisotopic (exact) mass is 367 g/mol. The molecule has 1 fully saturated rings. The Hall–Kier alpha value is -3.33. The fourth-order valence-corrected chi connectivity index (χ4v) is 2.90. The molecular formula is C18H17N5O4. The van der Waals surface area contributed by atoms with Crippen LogP contribution in [0.15, 0.2) is 42.9 Å². The van der Waals surface area contributed by atoms with Gasteiger partial charge in [0.2, 0.25) is 0 Å². The lowest BCUT2D eigenvalue weighted by Crippen LogP contribution is -2.08. The van der Waals surface area contributed by atoms with Gasteiger partial charge in [0.25, 0.3) is 0 Å². The Balaban J connectivity index is 1.55. The van der Waals surface area contributed by atoms with Crippen LogP contribution in [0.25, 0.3) is 11.3 Å². The molecule has 9 nitrogen and oxygen atoms in total. The molecule has 9 heteroatoms. The predicted molar refractivity (Wildman–Crippen MR) is 95.6 cm³/mol. The lowest BCUT2D eigenvalue weighted by molar-refractivity contribution is -0.389. The molecule has 3 aromatic heterocycles. The van der Waals surface area contributed by atoms with Crippen molar-refractivity contribution in [2.24, 2.45) is 0 Å². The van der Waals surface area contributed by atoms with Gasteiger partial charge in [-0.3, -0.25) is 9.67 Å². The summed E-state index contributed by atoms with van der Waals surface area (Å²) >= 11 is 0. The molecule has 1 unspecified atom stereocenters. The summed E-state index contributed by atoms with van der Waals surface area (Å²) in [7, 11) is 0. The van der Waals surface area contributed by atoms with Crippen LogP contribution >= 0.6 is 0 Å². The van der Waals surface area contributed by atoms with Gasteiger partial charge in [0, 0.05) is 43.6 Å². The molecule has 0 N–H and O–H groups in total. The highest BCUT2D eigenvalue weighted by atomic mass is 16.6. The number of rotatable bonds is 5. The van der Waals surface area contributed by atoms with Crippen LogP contribution in [-0.4, -0.2) is 37.9 Å². The number of aryl methyl sites for hydroxylation is 1. The van der Waals surface area contributed by atoms with Gasteiger partial charge >= 0.3 is 5.82 Å². The van der Waals surface area contributed by atoms with E-state index in [0.29, 0.717) is 23.8 Å². The highest BCUT2D eigenvalue weighted by Gasteiger charge is 2.19. The summed E-state index contributed by atoms with van der Waals surface area (Å²) in [6, 6.07) is 6.64. The van der Waals surface area contributed by atoms with E-state index in [0.717, 1.165) is 24.3 Å². The van der Waals surface area contributed by atoms with Crippen LogP contribution in [0.4, 0.5) is 5.82 Å². The van der Waals surface area contributed by atoms with Crippen molar-refractivity contribution in [2.75, 3.05) is 13.2 Å². The second-order valence-electron chi connectivity index (χ2n) is 6.22. The summed E-state index contributed by atoms with van der Waals surface area (Å²) in [5.41, 5.74) is 2.05. The fraction of sp³-hybridized carbons (Fsp3) is 0.278. The first-order chi connectivity index (χ1) is 13.1. The molecule has 138 valence electrons. The molecule has 1 atom stereocenters. The van der Waals surface area contributed by atoms with E-state index in [1.165, 1.54) is 6.07 Å². The Morgan fingerprint density at radius 3 is 3.00 bits per heavy atom. The van der Waals surface area contributed by atoms with Crippen LogP contribution in [0.1, 0.15) is 18.2 Å². The van der Waals surface area contributed by atoms with Crippen LogP contribution in [0.5, 0.6) is 11.5 Å². The van der Waals surface area contributed by atoms with Crippen molar-refractivity contribution in [2.45, 2.75) is 19.4 Å². The lowest BCUT2D eigenvalue weighted by Gasteiger charge is -2.08. The van der Waals surface area contributed by atoms with E-state index in [-0.39, 0.29) is 11.9 Å². The van der Waals surface area contributed by atoms with Gasteiger partial charge in [-0.25, -0.2) is 0 Å². The van der Waals surface area contributed by atoms with E-state index < -0.39 is 4.92 Å². The van der Waals surface area contributed by atoms with Crippen LogP contribution in [0, 0.1) is 17.0 Å². The normalized spacial score (nSPS) is 16.4. The minimum atomic E-state index is -0.533. The molecule has 1 saturated heterocycles. The summed E-state index contributed by atoms with van der Waals surface area (Å²) in [4.78, 5) is 18.6. The molecule has 3 aromatic rings. The predicted octanol–water partition coefficient (Wildman–Crippen LogP) is 3.31. The van der Waals surface area contributed by atoms with Gasteiger partial charge in [0.05, 0.1) is 24.5 Å². The van der Waals surface area contributed by atoms with Crippen molar-refractivity contribution in [3.05, 3.63) is 58.7 Å². The minimum Gasteiger partial charge on any atom is -0.453 e. The first-order valence-corrected chi connectivity index (χ1v) is 8.48. The van der Waals surface area contributed by atoms with Gasteiger partial charge in [0.15, 0.2) is 11.4 Å². The number of nitrogens with zero attached hydrogens (tertiary/aromatic N) is 5. The average molecular weight is 367 g/mol. The molecule has 0 aliphatic carbocycles. The first-order valence-electron chi connectivity index (χ1n) is 8.48. The Labute approximate surface area is 154 Å². The van der Waals surface area contributed by atoms with Crippen LogP contribution in [0.2, 0.25) is 0 Å². The fourth-order valence-electron chi connectivity index (χ4n) is 2.90. The second-order valence-corrected chi connectivity index (χ2v) is 6.22. The maximum Gasteiger partial charge on any atom is 0.363 e. The summed E-state index contributed by atoms with van der Waals surface area (Å²) in [6.45, 7) is 3.09. The zero-order chi connectivity index (χ0) is 18.8. The molecule has 27 heavy (non-hydrogen) atoms. The average Bonchev–Trinajstić information content (AvgIpc) is 3.35. The Morgan fingerprint density at radius 2 is 2.26 bits per heavy atom. The standard InChI is InChI=1S/C18H17N5O4/c1-12-17(2-3-18(21-12)23(24)25)27-15-4-6-19-16(8-15)13-9-20-22(10-13)14-5-7-26-11-14/h2-4,6,8-10,14H,5,7,11H2,1H3. The van der Waals surface area contributed by atoms with Gasteiger partial charge in [-0.05, 0) is 28.5 Å². The van der Waals surface area contributed by atoms with E-state index >= 15 is 0 Å². The highest BCUT2D eigenvalue weighted by molar-refractivity contribution is 5.59. The van der Waals surface area contributed by atoms with Crippen molar-refractivity contribution in [3.8, 4) is 22.8 Å². The van der Waals surface area contributed by atoms with Crippen LogP contribution in [0.3, 0.4) is 0 Å². The summed E-state index contributed by atoms with van der Waals surface area (Å²) in [5, 5.41) is 15.2. The third kappa shape index (κ3) is 3.63. The second kappa shape index (κ2) is 7.12. The number of pyridine rings is 2. The zero-order valence-electron chi connectivity index (χ0n) is 14.6. The van der Waals surface area contributed by atoms with Crippen molar-refractivity contribution in [3.63, 3.8) is 0 Å². The number of aromatic nitrogens is 4. The third-order valence-electron chi connectivity index (χ3n) is 4.35. The topological polar surface area (TPSA) is 105 Å². The van der Waals surface area contributed by atoms with Crippen LogP contribution in [-0.2, 0) is 4.74 Å². The number of hydrogen-bond acceptors (Lipinski definition) is 7. The highest BCUT2D eigenvalue weighted by Crippen LogP contribution is 2.29. The minimum absolute atomic E-state index is 0.210. The first kappa shape index (κ1) is 17.1. The van der Waals surface area contributed by atoms with Gasteiger partial charge in [-0.15, -0.1) is 0 Å².